The van der Waals surface area contributed by atoms with Gasteiger partial charge in [0.05, 0.1) is 13.2 Å². The summed E-state index contributed by atoms with van der Waals surface area (Å²) in [5, 5.41) is 3.48. The molecule has 1 heterocycles. The van der Waals surface area contributed by atoms with Crippen molar-refractivity contribution in [2.24, 2.45) is 0 Å². The molecule has 0 radical (unpaired) electrons. The van der Waals surface area contributed by atoms with Crippen LogP contribution in [-0.4, -0.2) is 25.8 Å². The van der Waals surface area contributed by atoms with Gasteiger partial charge >= 0.3 is 0 Å². The average molecular weight is 153 g/mol. The first-order valence-corrected chi connectivity index (χ1v) is 4.44. The fourth-order valence-corrected chi connectivity index (χ4v) is 1.29. The summed E-state index contributed by atoms with van der Waals surface area (Å²) >= 11 is 0. The number of hydrogen-bond acceptors (Lipinski definition) is 2. The summed E-state index contributed by atoms with van der Waals surface area (Å²) in [6.07, 6.45) is 6.14. The van der Waals surface area contributed by atoms with Crippen LogP contribution >= 0.6 is 0 Å². The van der Waals surface area contributed by atoms with E-state index in [0.717, 1.165) is 32.2 Å². The van der Waals surface area contributed by atoms with Gasteiger partial charge in [-0.15, -0.1) is 0 Å². The molecular formula is C9H15NO. The fraction of sp³-hybridized carbons (Fsp3) is 0.778. The molecule has 1 fully saturated rings. The summed E-state index contributed by atoms with van der Waals surface area (Å²) in [7, 11) is 0. The molecule has 0 saturated heterocycles. The van der Waals surface area contributed by atoms with E-state index in [-0.39, 0.29) is 0 Å². The molecule has 1 saturated carbocycles. The molecule has 2 nitrogen and oxygen atoms in total. The fourth-order valence-electron chi connectivity index (χ4n) is 1.29. The van der Waals surface area contributed by atoms with Crippen LogP contribution in [0.3, 0.4) is 0 Å². The van der Waals surface area contributed by atoms with Crippen LogP contribution in [0, 0.1) is 0 Å². The van der Waals surface area contributed by atoms with Gasteiger partial charge in [-0.2, -0.15) is 0 Å². The van der Waals surface area contributed by atoms with E-state index in [1.165, 1.54) is 18.4 Å². The number of hydrogen-bond donors (Lipinski definition) is 1. The summed E-state index contributed by atoms with van der Waals surface area (Å²) < 4.78 is 5.33. The van der Waals surface area contributed by atoms with Crippen LogP contribution in [0.5, 0.6) is 0 Å². The minimum absolute atomic E-state index is 0.817. The lowest BCUT2D eigenvalue weighted by atomic mass is 10.2. The van der Waals surface area contributed by atoms with Crippen molar-refractivity contribution < 1.29 is 4.74 Å². The summed E-state index contributed by atoms with van der Waals surface area (Å²) in [6, 6.07) is 0.817. The molecule has 0 aromatic rings. The van der Waals surface area contributed by atoms with Crippen molar-refractivity contribution >= 4 is 0 Å². The van der Waals surface area contributed by atoms with Crippen LogP contribution in [-0.2, 0) is 4.74 Å². The Labute approximate surface area is 67.6 Å². The second-order valence-corrected chi connectivity index (χ2v) is 3.36. The van der Waals surface area contributed by atoms with E-state index >= 15 is 0 Å². The van der Waals surface area contributed by atoms with Gasteiger partial charge in [0.25, 0.3) is 0 Å². The highest BCUT2D eigenvalue weighted by Crippen LogP contribution is 2.19. The van der Waals surface area contributed by atoms with Crippen molar-refractivity contribution in [3.05, 3.63) is 11.6 Å². The SMILES string of the molecule is C1=C(CNC2CC2)COCC1. The third-order valence-corrected chi connectivity index (χ3v) is 2.18. The predicted molar refractivity (Wildman–Crippen MR) is 44.5 cm³/mol. The molecule has 2 heteroatoms. The Morgan fingerprint density at radius 3 is 3.09 bits per heavy atom. The van der Waals surface area contributed by atoms with Crippen molar-refractivity contribution in [2.75, 3.05) is 19.8 Å². The molecule has 0 aromatic heterocycles. The lowest BCUT2D eigenvalue weighted by Crippen LogP contribution is -2.22. The van der Waals surface area contributed by atoms with Crippen LogP contribution in [0.1, 0.15) is 19.3 Å². The van der Waals surface area contributed by atoms with Gasteiger partial charge < -0.3 is 10.1 Å². The minimum atomic E-state index is 0.817. The maximum absolute atomic E-state index is 5.33. The number of nitrogens with one attached hydrogen (secondary N) is 1. The minimum Gasteiger partial charge on any atom is -0.377 e. The zero-order chi connectivity index (χ0) is 7.52. The quantitative estimate of drug-likeness (QED) is 0.613. The highest BCUT2D eigenvalue weighted by atomic mass is 16.5. The molecule has 0 aromatic carbocycles. The summed E-state index contributed by atoms with van der Waals surface area (Å²) in [5.74, 6) is 0. The van der Waals surface area contributed by atoms with Crippen molar-refractivity contribution in [3.8, 4) is 0 Å². The molecule has 1 aliphatic heterocycles. The van der Waals surface area contributed by atoms with E-state index < -0.39 is 0 Å². The highest BCUT2D eigenvalue weighted by molar-refractivity contribution is 5.07. The topological polar surface area (TPSA) is 21.3 Å². The summed E-state index contributed by atoms with van der Waals surface area (Å²) in [5.41, 5.74) is 1.43. The predicted octanol–water partition coefficient (Wildman–Crippen LogP) is 1.09. The Hall–Kier alpha value is -0.340. The maximum Gasteiger partial charge on any atom is 0.0689 e. The zero-order valence-electron chi connectivity index (χ0n) is 6.81. The molecule has 0 atom stereocenters. The lowest BCUT2D eigenvalue weighted by molar-refractivity contribution is 0.149. The monoisotopic (exact) mass is 153 g/mol. The molecule has 0 bridgehead atoms. The van der Waals surface area contributed by atoms with Crippen molar-refractivity contribution in [1.82, 2.24) is 5.32 Å². The number of rotatable bonds is 3. The van der Waals surface area contributed by atoms with E-state index in [1.807, 2.05) is 0 Å². The van der Waals surface area contributed by atoms with Gasteiger partial charge in [0.15, 0.2) is 0 Å². The van der Waals surface area contributed by atoms with Gasteiger partial charge in [0.2, 0.25) is 0 Å². The Kier molecular flexibility index (Phi) is 2.24. The highest BCUT2D eigenvalue weighted by Gasteiger charge is 2.20. The largest absolute Gasteiger partial charge is 0.377 e. The molecule has 2 rings (SSSR count). The zero-order valence-corrected chi connectivity index (χ0v) is 6.81. The Bertz CT molecular complexity index is 161. The van der Waals surface area contributed by atoms with Crippen LogP contribution < -0.4 is 5.32 Å². The maximum atomic E-state index is 5.33. The smallest absolute Gasteiger partial charge is 0.0689 e. The third-order valence-electron chi connectivity index (χ3n) is 2.18. The molecule has 2 aliphatic rings. The molecule has 62 valence electrons. The first-order chi connectivity index (χ1) is 5.45. The van der Waals surface area contributed by atoms with Gasteiger partial charge in [-0.05, 0) is 24.8 Å². The molecular weight excluding hydrogens is 138 g/mol. The Morgan fingerprint density at radius 1 is 1.55 bits per heavy atom. The van der Waals surface area contributed by atoms with Crippen molar-refractivity contribution in [2.45, 2.75) is 25.3 Å². The van der Waals surface area contributed by atoms with Crippen molar-refractivity contribution in [3.63, 3.8) is 0 Å². The van der Waals surface area contributed by atoms with Gasteiger partial charge in [0.1, 0.15) is 0 Å². The van der Waals surface area contributed by atoms with Crippen molar-refractivity contribution in [1.29, 1.82) is 0 Å². The van der Waals surface area contributed by atoms with Gasteiger partial charge in [-0.25, -0.2) is 0 Å². The van der Waals surface area contributed by atoms with Crippen LogP contribution in [0.25, 0.3) is 0 Å². The summed E-state index contributed by atoms with van der Waals surface area (Å²) in [4.78, 5) is 0. The van der Waals surface area contributed by atoms with E-state index in [2.05, 4.69) is 11.4 Å². The van der Waals surface area contributed by atoms with E-state index in [0.29, 0.717) is 0 Å². The van der Waals surface area contributed by atoms with Gasteiger partial charge in [-0.1, -0.05) is 6.08 Å². The standard InChI is InChI=1S/C9H15NO/c1-2-8(7-11-5-1)6-10-9-3-4-9/h2,9-10H,1,3-7H2. The molecule has 11 heavy (non-hydrogen) atoms. The summed E-state index contributed by atoms with van der Waals surface area (Å²) in [6.45, 7) is 2.80. The van der Waals surface area contributed by atoms with Crippen LogP contribution in [0.15, 0.2) is 11.6 Å². The average Bonchev–Trinajstić information content (AvgIpc) is 2.86. The van der Waals surface area contributed by atoms with Crippen LogP contribution in [0.2, 0.25) is 0 Å². The van der Waals surface area contributed by atoms with Gasteiger partial charge in [0, 0.05) is 12.6 Å². The molecule has 1 aliphatic carbocycles. The van der Waals surface area contributed by atoms with E-state index in [1.54, 1.807) is 0 Å². The lowest BCUT2D eigenvalue weighted by Gasteiger charge is -2.13. The second-order valence-electron chi connectivity index (χ2n) is 3.36. The second kappa shape index (κ2) is 3.37. The van der Waals surface area contributed by atoms with E-state index in [9.17, 15) is 0 Å². The van der Waals surface area contributed by atoms with E-state index in [4.69, 9.17) is 4.74 Å². The first-order valence-electron chi connectivity index (χ1n) is 4.44. The normalized spacial score (nSPS) is 24.9. The van der Waals surface area contributed by atoms with Crippen LogP contribution in [0.4, 0.5) is 0 Å². The molecule has 1 N–H and O–H groups in total. The Balaban J connectivity index is 1.70. The molecule has 0 unspecified atom stereocenters. The first kappa shape index (κ1) is 7.32. The number of ether oxygens (including phenoxy) is 1. The third kappa shape index (κ3) is 2.31. The Morgan fingerprint density at radius 2 is 2.45 bits per heavy atom. The molecule has 0 amide bonds. The van der Waals surface area contributed by atoms with Gasteiger partial charge in [-0.3, -0.25) is 0 Å². The molecule has 0 spiro atoms.